The predicted octanol–water partition coefficient (Wildman–Crippen LogP) is 1.12. The van der Waals surface area contributed by atoms with E-state index in [1.165, 1.54) is 0 Å². The van der Waals surface area contributed by atoms with E-state index in [1.54, 1.807) is 13.8 Å². The highest BCUT2D eigenvalue weighted by Gasteiger charge is 2.32. The first-order valence-corrected chi connectivity index (χ1v) is 5.78. The number of carbonyl (C=O) groups excluding carboxylic acids is 1. The molecule has 0 saturated heterocycles. The van der Waals surface area contributed by atoms with Gasteiger partial charge in [-0.15, -0.1) is 0 Å². The topological polar surface area (TPSA) is 87.7 Å². The lowest BCUT2D eigenvalue weighted by Gasteiger charge is -2.21. The van der Waals surface area contributed by atoms with Crippen LogP contribution >= 0.6 is 0 Å². The molecule has 0 spiro atoms. The van der Waals surface area contributed by atoms with Crippen LogP contribution in [0.4, 0.5) is 0 Å². The summed E-state index contributed by atoms with van der Waals surface area (Å²) in [5.41, 5.74) is 5.62. The quantitative estimate of drug-likeness (QED) is 0.316. The molecule has 5 nitrogen and oxygen atoms in total. The highest BCUT2D eigenvalue weighted by atomic mass is 16.4. The number of nitrogens with one attached hydrogen (secondary N) is 1. The zero-order valence-corrected chi connectivity index (χ0v) is 10.7. The molecule has 1 amide bonds. The van der Waals surface area contributed by atoms with Crippen molar-refractivity contribution >= 4 is 11.7 Å². The van der Waals surface area contributed by atoms with Crippen LogP contribution in [-0.2, 0) is 11.2 Å². The van der Waals surface area contributed by atoms with Gasteiger partial charge in [-0.3, -0.25) is 4.79 Å². The van der Waals surface area contributed by atoms with Gasteiger partial charge < -0.3 is 16.3 Å². The van der Waals surface area contributed by atoms with Gasteiger partial charge in [0.15, 0.2) is 5.84 Å². The van der Waals surface area contributed by atoms with Crippen LogP contribution in [0.15, 0.2) is 35.5 Å². The summed E-state index contributed by atoms with van der Waals surface area (Å²) in [7, 11) is 0. The second kappa shape index (κ2) is 6.05. The molecule has 0 saturated carbocycles. The summed E-state index contributed by atoms with van der Waals surface area (Å²) in [6.45, 7) is 3.74. The van der Waals surface area contributed by atoms with Crippen LogP contribution < -0.4 is 11.1 Å². The molecule has 98 valence electrons. The minimum absolute atomic E-state index is 0.0975. The Morgan fingerprint density at radius 3 is 2.56 bits per heavy atom. The molecule has 0 aromatic heterocycles. The Kier molecular flexibility index (Phi) is 4.71. The second-order valence-electron chi connectivity index (χ2n) is 4.60. The molecule has 1 aromatic carbocycles. The van der Waals surface area contributed by atoms with E-state index < -0.39 is 5.41 Å². The molecular formula is C13H19N3O2. The molecule has 5 heteroatoms. The van der Waals surface area contributed by atoms with Crippen LogP contribution in [-0.4, -0.2) is 23.5 Å². The number of nitrogens with zero attached hydrogens (tertiary/aromatic N) is 1. The van der Waals surface area contributed by atoms with Gasteiger partial charge in [-0.25, -0.2) is 0 Å². The van der Waals surface area contributed by atoms with Gasteiger partial charge in [-0.05, 0) is 25.8 Å². The first kappa shape index (κ1) is 14.0. The van der Waals surface area contributed by atoms with Gasteiger partial charge in [0.1, 0.15) is 5.41 Å². The molecule has 1 rings (SSSR count). The molecule has 0 bridgehead atoms. The van der Waals surface area contributed by atoms with Gasteiger partial charge in [-0.1, -0.05) is 35.5 Å². The summed E-state index contributed by atoms with van der Waals surface area (Å²) in [5, 5.41) is 14.3. The third kappa shape index (κ3) is 3.48. The van der Waals surface area contributed by atoms with Gasteiger partial charge in [0.25, 0.3) is 0 Å². The van der Waals surface area contributed by atoms with Crippen molar-refractivity contribution in [3.63, 3.8) is 0 Å². The van der Waals surface area contributed by atoms with E-state index in [4.69, 9.17) is 10.9 Å². The number of hydrogen-bond acceptors (Lipinski definition) is 3. The van der Waals surface area contributed by atoms with Crippen LogP contribution in [0.5, 0.6) is 0 Å². The third-order valence-corrected chi connectivity index (χ3v) is 2.86. The van der Waals surface area contributed by atoms with Crippen molar-refractivity contribution in [3.8, 4) is 0 Å². The van der Waals surface area contributed by atoms with Crippen molar-refractivity contribution in [1.29, 1.82) is 0 Å². The molecule has 0 aliphatic rings. The maximum Gasteiger partial charge on any atom is 0.233 e. The fourth-order valence-electron chi connectivity index (χ4n) is 1.43. The molecule has 18 heavy (non-hydrogen) atoms. The van der Waals surface area contributed by atoms with Crippen molar-refractivity contribution in [2.24, 2.45) is 16.3 Å². The Hall–Kier alpha value is -2.04. The Balaban J connectivity index is 2.47. The summed E-state index contributed by atoms with van der Waals surface area (Å²) in [6, 6.07) is 9.86. The summed E-state index contributed by atoms with van der Waals surface area (Å²) >= 11 is 0. The van der Waals surface area contributed by atoms with Crippen LogP contribution in [0.25, 0.3) is 0 Å². The lowest BCUT2D eigenvalue weighted by molar-refractivity contribution is -0.126. The molecular weight excluding hydrogens is 230 g/mol. The van der Waals surface area contributed by atoms with Crippen LogP contribution in [0.3, 0.4) is 0 Å². The molecule has 0 unspecified atom stereocenters. The molecule has 0 radical (unpaired) electrons. The highest BCUT2D eigenvalue weighted by molar-refractivity contribution is 6.05. The number of amidine groups is 1. The normalized spacial score (nSPS) is 12.2. The lowest BCUT2D eigenvalue weighted by Crippen LogP contribution is -2.46. The Labute approximate surface area is 107 Å². The van der Waals surface area contributed by atoms with Gasteiger partial charge in [0.2, 0.25) is 5.91 Å². The summed E-state index contributed by atoms with van der Waals surface area (Å²) in [5.74, 6) is -0.353. The number of carbonyl (C=O) groups is 1. The van der Waals surface area contributed by atoms with Crippen LogP contribution in [0.1, 0.15) is 19.4 Å². The fraction of sp³-hybridized carbons (Fsp3) is 0.385. The van der Waals surface area contributed by atoms with Gasteiger partial charge in [0, 0.05) is 6.54 Å². The molecule has 1 aromatic rings. The first-order valence-electron chi connectivity index (χ1n) is 5.78. The minimum Gasteiger partial charge on any atom is -0.409 e. The Morgan fingerprint density at radius 2 is 2.00 bits per heavy atom. The monoisotopic (exact) mass is 249 g/mol. The molecule has 0 atom stereocenters. The number of benzene rings is 1. The number of oxime groups is 1. The highest BCUT2D eigenvalue weighted by Crippen LogP contribution is 2.15. The van der Waals surface area contributed by atoms with E-state index in [-0.39, 0.29) is 11.7 Å². The molecule has 0 heterocycles. The van der Waals surface area contributed by atoms with Crippen molar-refractivity contribution in [3.05, 3.63) is 35.9 Å². The van der Waals surface area contributed by atoms with E-state index in [0.717, 1.165) is 12.0 Å². The molecule has 4 N–H and O–H groups in total. The summed E-state index contributed by atoms with van der Waals surface area (Å²) in [4.78, 5) is 11.9. The van der Waals surface area contributed by atoms with Crippen molar-refractivity contribution < 1.29 is 10.0 Å². The minimum atomic E-state index is -1.01. The molecule has 0 aliphatic heterocycles. The van der Waals surface area contributed by atoms with E-state index in [9.17, 15) is 4.79 Å². The zero-order valence-electron chi connectivity index (χ0n) is 10.7. The number of nitrogens with two attached hydrogens (primary N) is 1. The Morgan fingerprint density at radius 1 is 1.39 bits per heavy atom. The maximum atomic E-state index is 11.9. The van der Waals surface area contributed by atoms with E-state index in [1.807, 2.05) is 30.3 Å². The fourth-order valence-corrected chi connectivity index (χ4v) is 1.43. The van der Waals surface area contributed by atoms with E-state index >= 15 is 0 Å². The molecule has 0 fully saturated rings. The standard InChI is InChI=1S/C13H19N3O2/c1-13(2,11(14)16-18)12(17)15-9-8-10-6-4-3-5-7-10/h3-7,18H,8-9H2,1-2H3,(H2,14,16)(H,15,17). The lowest BCUT2D eigenvalue weighted by atomic mass is 9.91. The van der Waals surface area contributed by atoms with E-state index in [0.29, 0.717) is 6.54 Å². The van der Waals surface area contributed by atoms with Crippen LogP contribution in [0, 0.1) is 5.41 Å². The van der Waals surface area contributed by atoms with E-state index in [2.05, 4.69) is 10.5 Å². The predicted molar refractivity (Wildman–Crippen MR) is 70.3 cm³/mol. The number of hydrogen-bond donors (Lipinski definition) is 3. The largest absolute Gasteiger partial charge is 0.409 e. The van der Waals surface area contributed by atoms with Crippen molar-refractivity contribution in [2.75, 3.05) is 6.54 Å². The zero-order chi connectivity index (χ0) is 13.6. The summed E-state index contributed by atoms with van der Waals surface area (Å²) < 4.78 is 0. The smallest absolute Gasteiger partial charge is 0.233 e. The number of amides is 1. The number of rotatable bonds is 5. The van der Waals surface area contributed by atoms with Gasteiger partial charge in [-0.2, -0.15) is 0 Å². The van der Waals surface area contributed by atoms with Gasteiger partial charge >= 0.3 is 0 Å². The molecule has 0 aliphatic carbocycles. The SMILES string of the molecule is CC(C)(C(=O)NCCc1ccccc1)C(N)=NO. The van der Waals surface area contributed by atoms with Crippen molar-refractivity contribution in [2.45, 2.75) is 20.3 Å². The van der Waals surface area contributed by atoms with Crippen LogP contribution in [0.2, 0.25) is 0 Å². The maximum absolute atomic E-state index is 11.9. The third-order valence-electron chi connectivity index (χ3n) is 2.86. The average Bonchev–Trinajstić information content (AvgIpc) is 2.38. The Bertz CT molecular complexity index is 427. The second-order valence-corrected chi connectivity index (χ2v) is 4.60. The van der Waals surface area contributed by atoms with Gasteiger partial charge in [0.05, 0.1) is 0 Å². The average molecular weight is 249 g/mol. The summed E-state index contributed by atoms with van der Waals surface area (Å²) in [6.07, 6.45) is 0.749. The first-order chi connectivity index (χ1) is 8.48. The van der Waals surface area contributed by atoms with Crippen molar-refractivity contribution in [1.82, 2.24) is 5.32 Å².